The standard InChI is InChI=1S/C25H22ClFN4O5S/c26-17-5-6-21-20(11-17)24(23(30-21)25(28)32)37(33,34)31-8-9-35-19(13-31)14-36-18-3-1-2-15(10-18)16-4-7-22(27)29-12-16/h1-7,10-12,19,30H,8-9,13-14H2,(H2,28,32). The van der Waals surface area contributed by atoms with Gasteiger partial charge in [-0.1, -0.05) is 23.7 Å². The predicted molar refractivity (Wildman–Crippen MR) is 135 cm³/mol. The number of halogens is 2. The Balaban J connectivity index is 1.34. The molecule has 0 saturated carbocycles. The summed E-state index contributed by atoms with van der Waals surface area (Å²) in [4.78, 5) is 18.3. The van der Waals surface area contributed by atoms with Gasteiger partial charge in [-0.2, -0.15) is 8.70 Å². The number of rotatable bonds is 7. The van der Waals surface area contributed by atoms with Gasteiger partial charge in [-0.3, -0.25) is 4.79 Å². The highest BCUT2D eigenvalue weighted by Gasteiger charge is 2.36. The number of aromatic nitrogens is 2. The van der Waals surface area contributed by atoms with Crippen molar-refractivity contribution in [2.24, 2.45) is 5.73 Å². The van der Waals surface area contributed by atoms with Crippen molar-refractivity contribution in [2.45, 2.75) is 11.0 Å². The minimum Gasteiger partial charge on any atom is -0.491 e. The Morgan fingerprint density at radius 1 is 1.22 bits per heavy atom. The molecule has 1 amide bonds. The molecular weight excluding hydrogens is 523 g/mol. The molecule has 0 bridgehead atoms. The molecular formula is C25H22ClFN4O5S. The second kappa shape index (κ2) is 10.1. The highest BCUT2D eigenvalue weighted by Crippen LogP contribution is 2.32. The summed E-state index contributed by atoms with van der Waals surface area (Å²) < 4.78 is 53.4. The molecule has 1 saturated heterocycles. The number of nitrogens with two attached hydrogens (primary N) is 1. The van der Waals surface area contributed by atoms with Crippen LogP contribution in [-0.2, 0) is 14.8 Å². The summed E-state index contributed by atoms with van der Waals surface area (Å²) in [6.07, 6.45) is 0.866. The number of benzene rings is 2. The van der Waals surface area contributed by atoms with E-state index in [1.54, 1.807) is 36.4 Å². The third-order valence-corrected chi connectivity index (χ3v) is 8.18. The van der Waals surface area contributed by atoms with Crippen molar-refractivity contribution >= 4 is 38.4 Å². The number of carbonyl (C=O) groups is 1. The summed E-state index contributed by atoms with van der Waals surface area (Å²) in [5, 5.41) is 0.610. The highest BCUT2D eigenvalue weighted by molar-refractivity contribution is 7.89. The lowest BCUT2D eigenvalue weighted by molar-refractivity contribution is -0.0249. The van der Waals surface area contributed by atoms with E-state index in [4.69, 9.17) is 26.8 Å². The maximum Gasteiger partial charge on any atom is 0.266 e. The molecule has 0 radical (unpaired) electrons. The van der Waals surface area contributed by atoms with Crippen LogP contribution in [-0.4, -0.2) is 61.0 Å². The lowest BCUT2D eigenvalue weighted by Gasteiger charge is -2.32. The van der Waals surface area contributed by atoms with E-state index in [-0.39, 0.29) is 42.3 Å². The van der Waals surface area contributed by atoms with Gasteiger partial charge in [0, 0.05) is 40.8 Å². The molecule has 2 aromatic carbocycles. The molecule has 1 fully saturated rings. The highest BCUT2D eigenvalue weighted by atomic mass is 35.5. The summed E-state index contributed by atoms with van der Waals surface area (Å²) >= 11 is 6.10. The average Bonchev–Trinajstić information content (AvgIpc) is 3.28. The van der Waals surface area contributed by atoms with Gasteiger partial charge in [-0.15, -0.1) is 0 Å². The topological polar surface area (TPSA) is 128 Å². The zero-order valence-corrected chi connectivity index (χ0v) is 20.9. The van der Waals surface area contributed by atoms with Crippen molar-refractivity contribution in [2.75, 3.05) is 26.3 Å². The van der Waals surface area contributed by atoms with E-state index in [1.807, 2.05) is 6.07 Å². The molecule has 12 heteroatoms. The Morgan fingerprint density at radius 2 is 2.05 bits per heavy atom. The lowest BCUT2D eigenvalue weighted by Crippen LogP contribution is -2.47. The number of ether oxygens (including phenoxy) is 2. The largest absolute Gasteiger partial charge is 0.491 e. The molecule has 0 aliphatic carbocycles. The van der Waals surface area contributed by atoms with Gasteiger partial charge in [0.2, 0.25) is 16.0 Å². The van der Waals surface area contributed by atoms with Crippen molar-refractivity contribution in [1.82, 2.24) is 14.3 Å². The predicted octanol–water partition coefficient (Wildman–Crippen LogP) is 3.59. The number of nitrogens with one attached hydrogen (secondary N) is 1. The van der Waals surface area contributed by atoms with Crippen LogP contribution in [0.15, 0.2) is 65.7 Å². The molecule has 192 valence electrons. The van der Waals surface area contributed by atoms with Crippen LogP contribution in [0.4, 0.5) is 4.39 Å². The minimum absolute atomic E-state index is 0.00927. The first-order chi connectivity index (χ1) is 17.7. The molecule has 3 N–H and O–H groups in total. The molecule has 1 aliphatic heterocycles. The molecule has 5 rings (SSSR count). The molecule has 1 atom stereocenters. The van der Waals surface area contributed by atoms with E-state index in [1.165, 1.54) is 22.6 Å². The van der Waals surface area contributed by atoms with Gasteiger partial charge in [-0.25, -0.2) is 13.4 Å². The Bertz CT molecular complexity index is 1580. The molecule has 4 aromatic rings. The zero-order valence-electron chi connectivity index (χ0n) is 19.4. The van der Waals surface area contributed by atoms with Crippen molar-refractivity contribution in [1.29, 1.82) is 0 Å². The van der Waals surface area contributed by atoms with Crippen molar-refractivity contribution in [3.05, 3.63) is 77.5 Å². The lowest BCUT2D eigenvalue weighted by atomic mass is 10.1. The second-order valence-corrected chi connectivity index (χ2v) is 10.8. The number of hydrogen-bond acceptors (Lipinski definition) is 6. The molecule has 9 nitrogen and oxygen atoms in total. The number of amides is 1. The van der Waals surface area contributed by atoms with Crippen molar-refractivity contribution in [3.8, 4) is 16.9 Å². The number of primary amides is 1. The second-order valence-electron chi connectivity index (χ2n) is 8.45. The fourth-order valence-corrected chi connectivity index (χ4v) is 6.19. The van der Waals surface area contributed by atoms with E-state index in [0.29, 0.717) is 16.3 Å². The van der Waals surface area contributed by atoms with E-state index < -0.39 is 28.0 Å². The fourth-order valence-electron chi connectivity index (χ4n) is 4.22. The summed E-state index contributed by atoms with van der Waals surface area (Å²) in [6.45, 7) is 0.329. The minimum atomic E-state index is -4.13. The van der Waals surface area contributed by atoms with Gasteiger partial charge in [0.05, 0.1) is 6.61 Å². The maximum atomic E-state index is 13.7. The first kappa shape index (κ1) is 25.2. The zero-order chi connectivity index (χ0) is 26.2. The molecule has 3 heterocycles. The first-order valence-electron chi connectivity index (χ1n) is 11.3. The van der Waals surface area contributed by atoms with E-state index in [9.17, 15) is 17.6 Å². The van der Waals surface area contributed by atoms with Crippen LogP contribution in [0.2, 0.25) is 5.02 Å². The average molecular weight is 545 g/mol. The van der Waals surface area contributed by atoms with Gasteiger partial charge in [0.1, 0.15) is 29.0 Å². The number of pyridine rings is 1. The fraction of sp³-hybridized carbons (Fsp3) is 0.200. The van der Waals surface area contributed by atoms with Crippen LogP contribution in [0.5, 0.6) is 5.75 Å². The normalized spacial score (nSPS) is 16.6. The van der Waals surface area contributed by atoms with Gasteiger partial charge >= 0.3 is 0 Å². The number of sulfonamides is 1. The molecule has 1 unspecified atom stereocenters. The summed E-state index contributed by atoms with van der Waals surface area (Å²) in [6, 6.07) is 14.7. The number of H-pyrrole nitrogens is 1. The summed E-state index contributed by atoms with van der Waals surface area (Å²) in [5.74, 6) is -0.924. The maximum absolute atomic E-state index is 13.7. The first-order valence-corrected chi connectivity index (χ1v) is 13.1. The number of carbonyl (C=O) groups excluding carboxylic acids is 1. The summed E-state index contributed by atoms with van der Waals surface area (Å²) in [5.41, 5.74) is 7.23. The van der Waals surface area contributed by atoms with Gasteiger partial charge in [0.15, 0.2) is 0 Å². The number of fused-ring (bicyclic) bond motifs is 1. The Hall–Kier alpha value is -3.51. The van der Waals surface area contributed by atoms with Crippen LogP contribution in [0.1, 0.15) is 10.5 Å². The molecule has 37 heavy (non-hydrogen) atoms. The Labute approximate surface area is 217 Å². The van der Waals surface area contributed by atoms with E-state index in [0.717, 1.165) is 11.1 Å². The van der Waals surface area contributed by atoms with E-state index >= 15 is 0 Å². The SMILES string of the molecule is NC(=O)c1[nH]c2ccc(Cl)cc2c1S(=O)(=O)N1CCOC(COc2cccc(-c3ccc(F)nc3)c2)C1. The van der Waals surface area contributed by atoms with Crippen molar-refractivity contribution in [3.63, 3.8) is 0 Å². The Kier molecular flexibility index (Phi) is 6.86. The third-order valence-electron chi connectivity index (χ3n) is 5.99. The van der Waals surface area contributed by atoms with Gasteiger partial charge in [0.25, 0.3) is 5.91 Å². The molecule has 0 spiro atoms. The van der Waals surface area contributed by atoms with Crippen LogP contribution in [0.25, 0.3) is 22.0 Å². The van der Waals surface area contributed by atoms with Gasteiger partial charge in [-0.05, 0) is 48.0 Å². The van der Waals surface area contributed by atoms with Crippen LogP contribution in [0.3, 0.4) is 0 Å². The quantitative estimate of drug-likeness (QED) is 0.342. The number of morpholine rings is 1. The number of nitrogens with zero attached hydrogens (tertiary/aromatic N) is 2. The monoisotopic (exact) mass is 544 g/mol. The van der Waals surface area contributed by atoms with Gasteiger partial charge < -0.3 is 20.2 Å². The van der Waals surface area contributed by atoms with Crippen molar-refractivity contribution < 1.29 is 27.1 Å². The van der Waals surface area contributed by atoms with E-state index in [2.05, 4.69) is 9.97 Å². The smallest absolute Gasteiger partial charge is 0.266 e. The molecule has 1 aliphatic rings. The van der Waals surface area contributed by atoms with Crippen LogP contribution < -0.4 is 10.5 Å². The number of aromatic amines is 1. The number of hydrogen-bond donors (Lipinski definition) is 2. The molecule has 2 aromatic heterocycles. The Morgan fingerprint density at radius 3 is 2.81 bits per heavy atom. The van der Waals surface area contributed by atoms with Crippen LogP contribution >= 0.6 is 11.6 Å². The van der Waals surface area contributed by atoms with Crippen LogP contribution in [0, 0.1) is 5.95 Å². The third kappa shape index (κ3) is 5.16. The summed E-state index contributed by atoms with van der Waals surface area (Å²) in [7, 11) is -4.13.